The smallest absolute Gasteiger partial charge is 0.309 e. The molecule has 2 N–H and O–H groups in total. The third-order valence-corrected chi connectivity index (χ3v) is 13.2. The van der Waals surface area contributed by atoms with Crippen molar-refractivity contribution in [1.29, 1.82) is 0 Å². The van der Waals surface area contributed by atoms with Crippen LogP contribution in [-0.4, -0.2) is 28.1 Å². The van der Waals surface area contributed by atoms with E-state index in [-0.39, 0.29) is 39.8 Å². The minimum Gasteiger partial charge on any atom is -0.481 e. The molecular formula is C30H46O4. The van der Waals surface area contributed by atoms with Gasteiger partial charge in [-0.2, -0.15) is 0 Å². The third kappa shape index (κ3) is 2.75. The van der Waals surface area contributed by atoms with Gasteiger partial charge in [0.15, 0.2) is 0 Å². The van der Waals surface area contributed by atoms with Gasteiger partial charge in [0.25, 0.3) is 0 Å². The van der Waals surface area contributed by atoms with E-state index >= 15 is 0 Å². The number of fused-ring (bicyclic) bond motifs is 7. The molecule has 0 aromatic heterocycles. The molecule has 0 aromatic carbocycles. The maximum atomic E-state index is 12.9. The molecule has 34 heavy (non-hydrogen) atoms. The lowest BCUT2D eigenvalue weighted by molar-refractivity contribution is -0.216. The number of allylic oxidation sites excluding steroid dienone is 2. The van der Waals surface area contributed by atoms with E-state index in [9.17, 15) is 19.8 Å². The summed E-state index contributed by atoms with van der Waals surface area (Å²) in [7, 11) is 0. The summed E-state index contributed by atoms with van der Waals surface area (Å²) in [6.45, 7) is 15.8. The normalized spacial score (nSPS) is 54.1. The molecule has 4 nitrogen and oxygen atoms in total. The minimum absolute atomic E-state index is 0.0101. The zero-order valence-electron chi connectivity index (χ0n) is 22.5. The number of aliphatic hydroxyl groups excluding tert-OH is 1. The van der Waals surface area contributed by atoms with Crippen molar-refractivity contribution < 1.29 is 19.8 Å². The van der Waals surface area contributed by atoms with Gasteiger partial charge in [-0.05, 0) is 92.3 Å². The number of Topliss-reactive ketones (excluding diaryl/α,β-unsaturated/α-hetero) is 1. The molecule has 0 heterocycles. The van der Waals surface area contributed by atoms with Crippen LogP contribution >= 0.6 is 0 Å². The van der Waals surface area contributed by atoms with Crippen molar-refractivity contribution >= 4 is 11.8 Å². The molecule has 5 aliphatic carbocycles. The van der Waals surface area contributed by atoms with E-state index in [1.54, 1.807) is 0 Å². The van der Waals surface area contributed by atoms with Crippen molar-refractivity contribution in [2.75, 3.05) is 0 Å². The zero-order valence-corrected chi connectivity index (χ0v) is 22.5. The number of carboxylic acids is 1. The molecular weight excluding hydrogens is 424 g/mol. The van der Waals surface area contributed by atoms with Gasteiger partial charge < -0.3 is 10.2 Å². The second-order valence-corrected chi connectivity index (χ2v) is 14.8. The molecule has 0 spiro atoms. The van der Waals surface area contributed by atoms with Gasteiger partial charge in [-0.3, -0.25) is 9.59 Å². The molecule has 0 bridgehead atoms. The lowest BCUT2D eigenvalue weighted by Gasteiger charge is -2.71. The predicted octanol–water partition coefficient (Wildman–Crippen LogP) is 6.41. The molecule has 0 saturated heterocycles. The monoisotopic (exact) mass is 470 g/mol. The van der Waals surface area contributed by atoms with Crippen molar-refractivity contribution in [1.82, 2.24) is 0 Å². The first-order chi connectivity index (χ1) is 15.6. The van der Waals surface area contributed by atoms with Crippen LogP contribution in [0.4, 0.5) is 0 Å². The number of carboxylic acid groups (broad SMARTS) is 1. The van der Waals surface area contributed by atoms with Crippen LogP contribution in [0.2, 0.25) is 0 Å². The van der Waals surface area contributed by atoms with E-state index in [1.807, 2.05) is 6.92 Å². The van der Waals surface area contributed by atoms with Crippen LogP contribution in [0, 0.1) is 50.2 Å². The number of hydrogen-bond acceptors (Lipinski definition) is 3. The first kappa shape index (κ1) is 24.5. The van der Waals surface area contributed by atoms with Crippen LogP contribution in [0.1, 0.15) is 106 Å². The van der Waals surface area contributed by atoms with Gasteiger partial charge in [0, 0.05) is 17.3 Å². The molecule has 0 radical (unpaired) electrons. The minimum atomic E-state index is -0.646. The van der Waals surface area contributed by atoms with Crippen LogP contribution in [0.3, 0.4) is 0 Å². The van der Waals surface area contributed by atoms with Crippen molar-refractivity contribution in [3.63, 3.8) is 0 Å². The van der Waals surface area contributed by atoms with Crippen molar-refractivity contribution in [3.05, 3.63) is 11.6 Å². The Morgan fingerprint density at radius 1 is 0.941 bits per heavy atom. The van der Waals surface area contributed by atoms with Gasteiger partial charge >= 0.3 is 5.97 Å². The summed E-state index contributed by atoms with van der Waals surface area (Å²) in [6.07, 6.45) is 9.97. The molecule has 5 aliphatic rings. The van der Waals surface area contributed by atoms with Crippen molar-refractivity contribution in [3.8, 4) is 0 Å². The Bertz CT molecular complexity index is 965. The highest BCUT2D eigenvalue weighted by molar-refractivity contribution is 5.86. The van der Waals surface area contributed by atoms with Crippen molar-refractivity contribution in [2.24, 2.45) is 50.2 Å². The summed E-state index contributed by atoms with van der Waals surface area (Å²) in [5, 5.41) is 21.5. The van der Waals surface area contributed by atoms with E-state index in [0.29, 0.717) is 11.8 Å². The predicted molar refractivity (Wildman–Crippen MR) is 133 cm³/mol. The zero-order chi connectivity index (χ0) is 25.1. The largest absolute Gasteiger partial charge is 0.481 e. The van der Waals surface area contributed by atoms with Gasteiger partial charge in [0.2, 0.25) is 0 Å². The molecule has 190 valence electrons. The third-order valence-electron chi connectivity index (χ3n) is 13.2. The molecule has 5 rings (SSSR count). The summed E-state index contributed by atoms with van der Waals surface area (Å²) in [5.74, 6) is 0.416. The molecule has 0 aliphatic heterocycles. The van der Waals surface area contributed by atoms with Crippen LogP contribution in [0.25, 0.3) is 0 Å². The number of aliphatic hydroxyl groups is 1. The fourth-order valence-electron chi connectivity index (χ4n) is 10.3. The van der Waals surface area contributed by atoms with Crippen LogP contribution in [-0.2, 0) is 9.59 Å². The molecule has 0 unspecified atom stereocenters. The second-order valence-electron chi connectivity index (χ2n) is 14.8. The number of rotatable bonds is 1. The molecule has 4 heteroatoms. The molecule has 0 amide bonds. The van der Waals surface area contributed by atoms with Gasteiger partial charge in [-0.25, -0.2) is 0 Å². The standard InChI is InChI=1S/C30H46O4/c1-25(2)20-10-11-29(6)21(30(20,7)23(32)16-22(25)31)9-8-18-19-17-27(4,24(33)34)13-12-26(19,3)14-15-28(18,29)5/h8,19-21,23,32H,9-17H2,1-7H3,(H,33,34)/t19-,20-,21-,23-,26+,27+,28+,29+,30-/m0/s1. The van der Waals surface area contributed by atoms with Gasteiger partial charge in [-0.15, -0.1) is 0 Å². The maximum absolute atomic E-state index is 12.9. The number of carbonyl (C=O) groups is 2. The summed E-state index contributed by atoms with van der Waals surface area (Å²) in [5.41, 5.74) is 0.442. The molecule has 4 saturated carbocycles. The van der Waals surface area contributed by atoms with E-state index in [4.69, 9.17) is 0 Å². The number of ketones is 1. The summed E-state index contributed by atoms with van der Waals surface area (Å²) >= 11 is 0. The van der Waals surface area contributed by atoms with E-state index in [0.717, 1.165) is 51.4 Å². The first-order valence-corrected chi connectivity index (χ1v) is 13.7. The highest BCUT2D eigenvalue weighted by Gasteiger charge is 2.70. The second kappa shape index (κ2) is 6.99. The number of aliphatic carboxylic acids is 1. The molecule has 0 aromatic rings. The van der Waals surface area contributed by atoms with Crippen molar-refractivity contribution in [2.45, 2.75) is 112 Å². The van der Waals surface area contributed by atoms with E-state index in [2.05, 4.69) is 47.6 Å². The molecule has 9 atom stereocenters. The molecule has 4 fully saturated rings. The Balaban J connectivity index is 1.60. The van der Waals surface area contributed by atoms with Crippen LogP contribution < -0.4 is 0 Å². The average Bonchev–Trinajstić information content (AvgIpc) is 2.74. The van der Waals surface area contributed by atoms with Crippen LogP contribution in [0.15, 0.2) is 11.6 Å². The Morgan fingerprint density at radius 2 is 1.59 bits per heavy atom. The van der Waals surface area contributed by atoms with Gasteiger partial charge in [0.05, 0.1) is 11.5 Å². The lowest BCUT2D eigenvalue weighted by atomic mass is 9.33. The highest BCUT2D eigenvalue weighted by Crippen LogP contribution is 2.75. The Labute approximate surface area is 206 Å². The van der Waals surface area contributed by atoms with Gasteiger partial charge in [-0.1, -0.05) is 53.2 Å². The summed E-state index contributed by atoms with van der Waals surface area (Å²) < 4.78 is 0. The van der Waals surface area contributed by atoms with E-state index < -0.39 is 22.9 Å². The average molecular weight is 471 g/mol. The topological polar surface area (TPSA) is 74.6 Å². The van der Waals surface area contributed by atoms with Crippen LogP contribution in [0.5, 0.6) is 0 Å². The quantitative estimate of drug-likeness (QED) is 0.434. The SMILES string of the molecule is CC1(C)C(=O)C[C@H](O)[C@]2(C)[C@H]3CC=C4[C@@H]5C[C@](C)(C(=O)O)CC[C@]5(C)CC[C@@]4(C)[C@]3(C)CC[C@@H]12. The fraction of sp³-hybridized carbons (Fsp3) is 0.867. The number of carbonyl (C=O) groups excluding carboxylic acids is 1. The maximum Gasteiger partial charge on any atom is 0.309 e. The Morgan fingerprint density at radius 3 is 2.24 bits per heavy atom. The summed E-state index contributed by atoms with van der Waals surface area (Å²) in [4.78, 5) is 25.2. The number of hydrogen-bond donors (Lipinski definition) is 2. The highest BCUT2D eigenvalue weighted by atomic mass is 16.4. The first-order valence-electron chi connectivity index (χ1n) is 13.7. The summed E-state index contributed by atoms with van der Waals surface area (Å²) in [6, 6.07) is 0. The van der Waals surface area contributed by atoms with E-state index in [1.165, 1.54) is 5.57 Å². The van der Waals surface area contributed by atoms with Gasteiger partial charge in [0.1, 0.15) is 5.78 Å². The Kier molecular flexibility index (Phi) is 5.04. The fourth-order valence-corrected chi connectivity index (χ4v) is 10.3. The lowest BCUT2D eigenvalue weighted by Crippen LogP contribution is -2.67. The Hall–Kier alpha value is -1.16.